The number of amides is 1. The number of hydrogen-bond donors (Lipinski definition) is 0. The molecule has 27 heavy (non-hydrogen) atoms. The van der Waals surface area contributed by atoms with Gasteiger partial charge in [0.05, 0.1) is 37.5 Å². The second-order valence-electron chi connectivity index (χ2n) is 7.09. The molecule has 0 unspecified atom stereocenters. The maximum Gasteiger partial charge on any atom is 0.248 e. The highest BCUT2D eigenvalue weighted by atomic mass is 32.2. The third kappa shape index (κ3) is 4.24. The first kappa shape index (κ1) is 20.0. The first-order valence-electron chi connectivity index (χ1n) is 8.74. The summed E-state index contributed by atoms with van der Waals surface area (Å²) in [6, 6.07) is 5.04. The van der Waals surface area contributed by atoms with Gasteiger partial charge in [-0.25, -0.2) is 8.42 Å². The standard InChI is InChI=1S/C18H24N2O5S2/c1-11(2)7-17(21)19-18-20(14-9-27(22,23)10-16(14)26-18)13-8-12(24-3)5-6-15(13)25-4/h5-6,8,11,14,16H,7,9-10H2,1-4H3/t14-,16-/m0/s1. The Labute approximate surface area is 164 Å². The average Bonchev–Trinajstić information content (AvgIpc) is 3.04. The van der Waals surface area contributed by atoms with Gasteiger partial charge in [0.1, 0.15) is 11.5 Å². The van der Waals surface area contributed by atoms with Gasteiger partial charge in [-0.1, -0.05) is 25.6 Å². The highest BCUT2D eigenvalue weighted by Gasteiger charge is 2.50. The van der Waals surface area contributed by atoms with Crippen LogP contribution in [0.15, 0.2) is 23.2 Å². The zero-order valence-electron chi connectivity index (χ0n) is 15.8. The molecule has 0 spiro atoms. The molecule has 2 aliphatic rings. The van der Waals surface area contributed by atoms with Crippen molar-refractivity contribution in [3.05, 3.63) is 18.2 Å². The molecule has 0 aromatic heterocycles. The Morgan fingerprint density at radius 2 is 2.04 bits per heavy atom. The van der Waals surface area contributed by atoms with Crippen LogP contribution in [0.4, 0.5) is 5.69 Å². The van der Waals surface area contributed by atoms with Gasteiger partial charge in [0.15, 0.2) is 15.0 Å². The molecule has 1 aromatic rings. The SMILES string of the molecule is COc1ccc(OC)c(N2C(=NC(=O)CC(C)C)S[C@H]3CS(=O)(=O)C[C@@H]32)c1. The molecular formula is C18H24N2O5S2. The lowest BCUT2D eigenvalue weighted by Gasteiger charge is -2.26. The number of anilines is 1. The fourth-order valence-corrected chi connectivity index (χ4v) is 7.26. The largest absolute Gasteiger partial charge is 0.497 e. The van der Waals surface area contributed by atoms with Crippen LogP contribution in [-0.4, -0.2) is 56.5 Å². The van der Waals surface area contributed by atoms with Crippen molar-refractivity contribution in [1.29, 1.82) is 0 Å². The maximum absolute atomic E-state index is 12.3. The number of fused-ring (bicyclic) bond motifs is 1. The Hall–Kier alpha value is -1.74. The second kappa shape index (κ2) is 7.71. The van der Waals surface area contributed by atoms with E-state index < -0.39 is 9.84 Å². The zero-order valence-corrected chi connectivity index (χ0v) is 17.5. The van der Waals surface area contributed by atoms with Gasteiger partial charge in [-0.15, -0.1) is 0 Å². The molecule has 0 N–H and O–H groups in total. The highest BCUT2D eigenvalue weighted by Crippen LogP contribution is 2.45. The van der Waals surface area contributed by atoms with E-state index in [2.05, 4.69) is 4.99 Å². The smallest absolute Gasteiger partial charge is 0.248 e. The molecule has 0 radical (unpaired) electrons. The van der Waals surface area contributed by atoms with E-state index >= 15 is 0 Å². The van der Waals surface area contributed by atoms with Crippen molar-refractivity contribution in [3.8, 4) is 11.5 Å². The van der Waals surface area contributed by atoms with Crippen LogP contribution in [0.3, 0.4) is 0 Å². The summed E-state index contributed by atoms with van der Waals surface area (Å²) in [5.74, 6) is 1.30. The normalized spacial score (nSPS) is 25.1. The first-order chi connectivity index (χ1) is 12.7. The molecule has 0 saturated carbocycles. The fraction of sp³-hybridized carbons (Fsp3) is 0.556. The Balaban J connectivity index is 2.06. The van der Waals surface area contributed by atoms with Gasteiger partial charge in [0, 0.05) is 17.7 Å². The van der Waals surface area contributed by atoms with E-state index in [4.69, 9.17) is 9.47 Å². The third-order valence-corrected chi connectivity index (χ3v) is 7.73. The first-order valence-corrected chi connectivity index (χ1v) is 11.4. The van der Waals surface area contributed by atoms with E-state index in [9.17, 15) is 13.2 Å². The number of thioether (sulfide) groups is 1. The number of methoxy groups -OCH3 is 2. The Morgan fingerprint density at radius 3 is 2.67 bits per heavy atom. The minimum absolute atomic E-state index is 0.0302. The molecule has 1 aromatic carbocycles. The Morgan fingerprint density at radius 1 is 1.30 bits per heavy atom. The molecule has 2 saturated heterocycles. The predicted octanol–water partition coefficient (Wildman–Crippen LogP) is 2.35. The number of ether oxygens (including phenoxy) is 2. The molecule has 0 bridgehead atoms. The van der Waals surface area contributed by atoms with E-state index in [1.165, 1.54) is 11.8 Å². The lowest BCUT2D eigenvalue weighted by Crippen LogP contribution is -2.38. The number of aliphatic imine (C=N–C) groups is 1. The van der Waals surface area contributed by atoms with Crippen LogP contribution < -0.4 is 14.4 Å². The molecule has 148 valence electrons. The second-order valence-corrected chi connectivity index (χ2v) is 10.5. The summed E-state index contributed by atoms with van der Waals surface area (Å²) in [7, 11) is -0.00956. The van der Waals surface area contributed by atoms with Gasteiger partial charge in [-0.05, 0) is 18.1 Å². The van der Waals surface area contributed by atoms with E-state index in [-0.39, 0.29) is 34.6 Å². The van der Waals surface area contributed by atoms with Crippen molar-refractivity contribution in [3.63, 3.8) is 0 Å². The molecule has 2 fully saturated rings. The lowest BCUT2D eigenvalue weighted by molar-refractivity contribution is -0.118. The summed E-state index contributed by atoms with van der Waals surface area (Å²) in [6.45, 7) is 3.92. The molecule has 0 aliphatic carbocycles. The summed E-state index contributed by atoms with van der Waals surface area (Å²) in [5, 5.41) is 0.369. The minimum Gasteiger partial charge on any atom is -0.497 e. The molecule has 1 amide bonds. The van der Waals surface area contributed by atoms with Crippen molar-refractivity contribution in [1.82, 2.24) is 0 Å². The minimum atomic E-state index is -3.13. The summed E-state index contributed by atoms with van der Waals surface area (Å²) < 4.78 is 35.1. The maximum atomic E-state index is 12.3. The van der Waals surface area contributed by atoms with Crippen molar-refractivity contribution < 1.29 is 22.7 Å². The lowest BCUT2D eigenvalue weighted by atomic mass is 10.1. The van der Waals surface area contributed by atoms with E-state index in [1.54, 1.807) is 32.4 Å². The number of hydrogen-bond acceptors (Lipinski definition) is 6. The summed E-state index contributed by atoms with van der Waals surface area (Å²) >= 11 is 1.35. The van der Waals surface area contributed by atoms with E-state index in [1.807, 2.05) is 18.7 Å². The number of sulfone groups is 1. The van der Waals surface area contributed by atoms with Crippen LogP contribution in [0.1, 0.15) is 20.3 Å². The molecular weight excluding hydrogens is 388 g/mol. The average molecular weight is 413 g/mol. The van der Waals surface area contributed by atoms with Gasteiger partial charge in [0.25, 0.3) is 0 Å². The molecule has 2 heterocycles. The molecule has 9 heteroatoms. The van der Waals surface area contributed by atoms with Crippen LogP contribution in [0.25, 0.3) is 0 Å². The number of nitrogens with zero attached hydrogens (tertiary/aromatic N) is 2. The third-order valence-electron chi connectivity index (χ3n) is 4.52. The van der Waals surface area contributed by atoms with Crippen molar-refractivity contribution in [2.24, 2.45) is 10.9 Å². The molecule has 3 rings (SSSR count). The van der Waals surface area contributed by atoms with Crippen LogP contribution in [0, 0.1) is 5.92 Å². The van der Waals surface area contributed by atoms with E-state index in [0.717, 1.165) is 0 Å². The fourth-order valence-electron chi connectivity index (χ4n) is 3.33. The highest BCUT2D eigenvalue weighted by molar-refractivity contribution is 8.16. The number of carbonyl (C=O) groups excluding carboxylic acids is 1. The van der Waals surface area contributed by atoms with Gasteiger partial charge in [-0.2, -0.15) is 4.99 Å². The monoisotopic (exact) mass is 412 g/mol. The van der Waals surface area contributed by atoms with Gasteiger partial charge >= 0.3 is 0 Å². The predicted molar refractivity (Wildman–Crippen MR) is 108 cm³/mol. The van der Waals surface area contributed by atoms with Crippen molar-refractivity contribution in [2.75, 3.05) is 30.6 Å². The van der Waals surface area contributed by atoms with Crippen LogP contribution in [0.5, 0.6) is 11.5 Å². The topological polar surface area (TPSA) is 85.3 Å². The Bertz CT molecular complexity index is 867. The number of benzene rings is 1. The van der Waals surface area contributed by atoms with Crippen LogP contribution in [-0.2, 0) is 14.6 Å². The number of rotatable bonds is 5. The van der Waals surface area contributed by atoms with Crippen LogP contribution >= 0.6 is 11.8 Å². The number of amidine groups is 1. The van der Waals surface area contributed by atoms with Crippen molar-refractivity contribution in [2.45, 2.75) is 31.6 Å². The summed E-state index contributed by atoms with van der Waals surface area (Å²) in [5.41, 5.74) is 0.657. The molecule has 2 aliphatic heterocycles. The number of carbonyl (C=O) groups is 1. The quantitative estimate of drug-likeness (QED) is 0.734. The Kier molecular flexibility index (Phi) is 5.71. The van der Waals surface area contributed by atoms with Crippen LogP contribution in [0.2, 0.25) is 0 Å². The van der Waals surface area contributed by atoms with Gasteiger partial charge in [0.2, 0.25) is 5.91 Å². The van der Waals surface area contributed by atoms with Crippen molar-refractivity contribution >= 4 is 38.4 Å². The van der Waals surface area contributed by atoms with Gasteiger partial charge < -0.3 is 14.4 Å². The zero-order chi connectivity index (χ0) is 19.8. The summed E-state index contributed by atoms with van der Waals surface area (Å²) in [6.07, 6.45) is 0.348. The molecule has 2 atom stereocenters. The summed E-state index contributed by atoms with van der Waals surface area (Å²) in [4.78, 5) is 18.5. The van der Waals surface area contributed by atoms with E-state index in [0.29, 0.717) is 28.8 Å². The van der Waals surface area contributed by atoms with Gasteiger partial charge in [-0.3, -0.25) is 4.79 Å². The molecule has 7 nitrogen and oxygen atoms in total.